The number of aliphatic hydroxyl groups is 1. The molecule has 1 N–H and O–H groups in total. The second kappa shape index (κ2) is 4.09. The number of rotatable bonds is 2. The molecule has 1 aromatic rings. The average molecular weight is 238 g/mol. The third-order valence-electron chi connectivity index (χ3n) is 3.87. The zero-order chi connectivity index (χ0) is 11.1. The smallest absolute Gasteiger partial charge is 0.0897 e. The van der Waals surface area contributed by atoms with Crippen molar-refractivity contribution in [3.63, 3.8) is 0 Å². The Labute approximate surface area is 100 Å². The highest BCUT2D eigenvalue weighted by Gasteiger charge is 2.40. The fourth-order valence-electron chi connectivity index (χ4n) is 3.17. The molecule has 16 heavy (non-hydrogen) atoms. The van der Waals surface area contributed by atoms with Gasteiger partial charge in [0.15, 0.2) is 0 Å². The van der Waals surface area contributed by atoms with Crippen LogP contribution in [0.25, 0.3) is 0 Å². The van der Waals surface area contributed by atoms with Crippen LogP contribution in [-0.4, -0.2) is 33.2 Å². The molecular formula is C12H18N2OS. The van der Waals surface area contributed by atoms with Gasteiger partial charge in [0.2, 0.25) is 0 Å². The predicted octanol–water partition coefficient (Wildman–Crippen LogP) is 1.94. The summed E-state index contributed by atoms with van der Waals surface area (Å²) in [5.41, 5.74) is 1.20. The number of piperidine rings is 1. The summed E-state index contributed by atoms with van der Waals surface area (Å²) < 4.78 is 0. The first-order chi connectivity index (χ1) is 7.72. The highest BCUT2D eigenvalue weighted by atomic mass is 32.1. The van der Waals surface area contributed by atoms with Gasteiger partial charge in [-0.25, -0.2) is 4.98 Å². The third kappa shape index (κ3) is 1.90. The molecule has 2 aliphatic heterocycles. The molecular weight excluding hydrogens is 220 g/mol. The molecule has 2 fully saturated rings. The number of hydrogen-bond donors (Lipinski definition) is 1. The van der Waals surface area contributed by atoms with Crippen LogP contribution in [0.2, 0.25) is 0 Å². The molecule has 2 bridgehead atoms. The fraction of sp³-hybridized carbons (Fsp3) is 0.750. The van der Waals surface area contributed by atoms with Gasteiger partial charge in [0, 0.05) is 24.0 Å². The zero-order valence-electron chi connectivity index (χ0n) is 9.59. The molecule has 3 heterocycles. The first kappa shape index (κ1) is 10.7. The number of aryl methyl sites for hydroxylation is 1. The van der Waals surface area contributed by atoms with Crippen LogP contribution in [0.4, 0.5) is 0 Å². The summed E-state index contributed by atoms with van der Waals surface area (Å²) in [5, 5.41) is 13.1. The van der Waals surface area contributed by atoms with Crippen LogP contribution in [0.1, 0.15) is 36.4 Å². The van der Waals surface area contributed by atoms with E-state index < -0.39 is 0 Å². The highest BCUT2D eigenvalue weighted by Crippen LogP contribution is 2.36. The molecule has 2 unspecified atom stereocenters. The van der Waals surface area contributed by atoms with Crippen molar-refractivity contribution < 1.29 is 5.11 Å². The summed E-state index contributed by atoms with van der Waals surface area (Å²) in [5.74, 6) is 0. The first-order valence-electron chi connectivity index (χ1n) is 6.07. The number of hydrogen-bond acceptors (Lipinski definition) is 4. The van der Waals surface area contributed by atoms with E-state index in [9.17, 15) is 5.11 Å². The maximum absolute atomic E-state index is 9.74. The molecule has 2 saturated heterocycles. The van der Waals surface area contributed by atoms with Crippen molar-refractivity contribution in [2.75, 3.05) is 0 Å². The maximum Gasteiger partial charge on any atom is 0.0897 e. The maximum atomic E-state index is 9.74. The van der Waals surface area contributed by atoms with E-state index in [1.54, 1.807) is 11.3 Å². The van der Waals surface area contributed by atoms with Crippen LogP contribution in [0, 0.1) is 6.92 Å². The number of aromatic nitrogens is 1. The second-order valence-corrected chi connectivity index (χ2v) is 6.10. The zero-order valence-corrected chi connectivity index (χ0v) is 10.4. The summed E-state index contributed by atoms with van der Waals surface area (Å²) in [7, 11) is 0. The Kier molecular flexibility index (Phi) is 2.73. The molecule has 2 atom stereocenters. The lowest BCUT2D eigenvalue weighted by Crippen LogP contribution is -2.44. The van der Waals surface area contributed by atoms with Crippen molar-refractivity contribution in [2.24, 2.45) is 0 Å². The van der Waals surface area contributed by atoms with Gasteiger partial charge in [-0.2, -0.15) is 0 Å². The molecule has 88 valence electrons. The number of aliphatic hydroxyl groups excluding tert-OH is 1. The van der Waals surface area contributed by atoms with E-state index in [0.717, 1.165) is 24.4 Å². The Morgan fingerprint density at radius 2 is 2.12 bits per heavy atom. The molecule has 0 spiro atoms. The third-order valence-corrected chi connectivity index (χ3v) is 4.69. The molecule has 0 saturated carbocycles. The van der Waals surface area contributed by atoms with Gasteiger partial charge in [-0.05, 0) is 32.6 Å². The van der Waals surface area contributed by atoms with Crippen LogP contribution in [0.15, 0.2) is 5.38 Å². The molecule has 3 nitrogen and oxygen atoms in total. The van der Waals surface area contributed by atoms with E-state index in [2.05, 4.69) is 22.2 Å². The van der Waals surface area contributed by atoms with Crippen molar-refractivity contribution in [1.82, 2.24) is 9.88 Å². The highest BCUT2D eigenvalue weighted by molar-refractivity contribution is 7.09. The number of nitrogens with zero attached hydrogens (tertiary/aromatic N) is 2. The summed E-state index contributed by atoms with van der Waals surface area (Å²) in [6, 6.07) is 1.19. The van der Waals surface area contributed by atoms with Gasteiger partial charge >= 0.3 is 0 Å². The Bertz CT molecular complexity index is 365. The second-order valence-electron chi connectivity index (χ2n) is 5.04. The van der Waals surface area contributed by atoms with E-state index >= 15 is 0 Å². The molecule has 0 radical (unpaired) electrons. The van der Waals surface area contributed by atoms with E-state index in [1.165, 1.54) is 18.5 Å². The first-order valence-corrected chi connectivity index (χ1v) is 6.95. The molecule has 3 rings (SSSR count). The van der Waals surface area contributed by atoms with E-state index in [0.29, 0.717) is 12.1 Å². The van der Waals surface area contributed by atoms with Gasteiger partial charge in [0.25, 0.3) is 0 Å². The molecule has 0 aromatic carbocycles. The fourth-order valence-corrected chi connectivity index (χ4v) is 3.78. The van der Waals surface area contributed by atoms with Gasteiger partial charge < -0.3 is 5.11 Å². The van der Waals surface area contributed by atoms with E-state index in [-0.39, 0.29) is 6.10 Å². The van der Waals surface area contributed by atoms with Gasteiger partial charge in [0.1, 0.15) is 0 Å². The summed E-state index contributed by atoms with van der Waals surface area (Å²) >= 11 is 1.73. The monoisotopic (exact) mass is 238 g/mol. The summed E-state index contributed by atoms with van der Waals surface area (Å²) in [4.78, 5) is 7.09. The van der Waals surface area contributed by atoms with Crippen LogP contribution < -0.4 is 0 Å². The lowest BCUT2D eigenvalue weighted by molar-refractivity contribution is 0.0304. The largest absolute Gasteiger partial charge is 0.393 e. The Hall–Kier alpha value is -0.450. The van der Waals surface area contributed by atoms with Crippen molar-refractivity contribution in [3.8, 4) is 0 Å². The topological polar surface area (TPSA) is 36.4 Å². The van der Waals surface area contributed by atoms with Crippen molar-refractivity contribution in [1.29, 1.82) is 0 Å². The van der Waals surface area contributed by atoms with Crippen LogP contribution in [-0.2, 0) is 6.54 Å². The average Bonchev–Trinajstić information content (AvgIpc) is 2.72. The van der Waals surface area contributed by atoms with Crippen molar-refractivity contribution >= 4 is 11.3 Å². The van der Waals surface area contributed by atoms with E-state index in [1.807, 2.05) is 0 Å². The lowest BCUT2D eigenvalue weighted by Gasteiger charge is -2.36. The molecule has 0 aliphatic carbocycles. The molecule has 0 amide bonds. The molecule has 2 aliphatic rings. The van der Waals surface area contributed by atoms with Crippen LogP contribution >= 0.6 is 11.3 Å². The van der Waals surface area contributed by atoms with Crippen LogP contribution in [0.3, 0.4) is 0 Å². The Morgan fingerprint density at radius 3 is 2.69 bits per heavy atom. The minimum Gasteiger partial charge on any atom is -0.393 e. The molecule has 1 aromatic heterocycles. The summed E-state index contributed by atoms with van der Waals surface area (Å²) in [6.45, 7) is 3.04. The van der Waals surface area contributed by atoms with Crippen molar-refractivity contribution in [3.05, 3.63) is 16.1 Å². The van der Waals surface area contributed by atoms with Gasteiger partial charge in [-0.15, -0.1) is 11.3 Å². The SMILES string of the molecule is Cc1nc(CN2C3CCC2CC(O)C3)cs1. The minimum atomic E-state index is -0.0640. The van der Waals surface area contributed by atoms with Gasteiger partial charge in [-0.3, -0.25) is 4.90 Å². The van der Waals surface area contributed by atoms with Gasteiger partial charge in [-0.1, -0.05) is 0 Å². The summed E-state index contributed by atoms with van der Waals surface area (Å²) in [6.07, 6.45) is 4.36. The lowest BCUT2D eigenvalue weighted by atomic mass is 10.00. The van der Waals surface area contributed by atoms with Crippen LogP contribution in [0.5, 0.6) is 0 Å². The Morgan fingerprint density at radius 1 is 1.44 bits per heavy atom. The normalized spacial score (nSPS) is 34.5. The number of fused-ring (bicyclic) bond motifs is 2. The quantitative estimate of drug-likeness (QED) is 0.855. The number of thiazole rings is 1. The van der Waals surface area contributed by atoms with E-state index in [4.69, 9.17) is 0 Å². The predicted molar refractivity (Wildman–Crippen MR) is 64.4 cm³/mol. The molecule has 4 heteroatoms. The standard InChI is InChI=1S/C12H18N2OS/c1-8-13-9(7-16-8)6-14-10-2-3-11(14)5-12(15)4-10/h7,10-12,15H,2-6H2,1H3. The van der Waals surface area contributed by atoms with Gasteiger partial charge in [0.05, 0.1) is 16.8 Å². The van der Waals surface area contributed by atoms with Crippen molar-refractivity contribution in [2.45, 2.75) is 57.3 Å². The minimum absolute atomic E-state index is 0.0640. The Balaban J connectivity index is 1.72.